The molecule has 3 heteroatoms. The molecule has 0 spiro atoms. The maximum atomic E-state index is 5.57. The van der Waals surface area contributed by atoms with Crippen molar-refractivity contribution in [2.24, 2.45) is 0 Å². The highest BCUT2D eigenvalue weighted by Gasteiger charge is 2.45. The summed E-state index contributed by atoms with van der Waals surface area (Å²) in [5, 5.41) is 9.46. The molecule has 1 N–H and O–H groups in total. The van der Waals surface area contributed by atoms with E-state index in [0.717, 1.165) is 17.8 Å². The van der Waals surface area contributed by atoms with Gasteiger partial charge in [-0.1, -0.05) is 54.0 Å². The Morgan fingerprint density at radius 3 is 2.62 bits per heavy atom. The predicted octanol–water partition coefficient (Wildman–Crippen LogP) is 4.40. The van der Waals surface area contributed by atoms with Crippen LogP contribution in [0.15, 0.2) is 59.1 Å². The lowest BCUT2D eigenvalue weighted by Gasteiger charge is -2.40. The van der Waals surface area contributed by atoms with Crippen molar-refractivity contribution >= 4 is 11.0 Å². The van der Waals surface area contributed by atoms with E-state index in [1.54, 1.807) is 0 Å². The third-order valence-electron chi connectivity index (χ3n) is 5.91. The van der Waals surface area contributed by atoms with Gasteiger partial charge in [-0.25, -0.2) is 0 Å². The molecule has 24 heavy (non-hydrogen) atoms. The number of rotatable bonds is 5. The van der Waals surface area contributed by atoms with Gasteiger partial charge in [-0.05, 0) is 37.0 Å². The highest BCUT2D eigenvalue weighted by molar-refractivity contribution is 5.80. The van der Waals surface area contributed by atoms with Crippen molar-refractivity contribution in [3.8, 4) is 0 Å². The first-order valence-corrected chi connectivity index (χ1v) is 8.99. The molecule has 3 nitrogen and oxygen atoms in total. The maximum absolute atomic E-state index is 5.57. The van der Waals surface area contributed by atoms with Gasteiger partial charge in [0.1, 0.15) is 0 Å². The molecule has 1 heterocycles. The van der Waals surface area contributed by atoms with E-state index in [0.29, 0.717) is 12.0 Å². The van der Waals surface area contributed by atoms with Gasteiger partial charge in [-0.15, -0.1) is 0 Å². The smallest absolute Gasteiger partial charge is 0.167 e. The Kier molecular flexibility index (Phi) is 3.23. The Balaban J connectivity index is 1.33. The first-order valence-electron chi connectivity index (χ1n) is 8.99. The molecular weight excluding hydrogens is 296 g/mol. The van der Waals surface area contributed by atoms with Crippen LogP contribution in [0.5, 0.6) is 0 Å². The predicted molar refractivity (Wildman–Crippen MR) is 95.1 cm³/mol. The van der Waals surface area contributed by atoms with E-state index < -0.39 is 0 Å². The summed E-state index contributed by atoms with van der Waals surface area (Å²) in [5.41, 5.74) is 3.70. The molecule has 2 unspecified atom stereocenters. The van der Waals surface area contributed by atoms with E-state index in [1.807, 2.05) is 12.1 Å². The lowest BCUT2D eigenvalue weighted by atomic mass is 9.66. The molecule has 2 saturated carbocycles. The molecule has 3 aromatic rings. The van der Waals surface area contributed by atoms with Crippen LogP contribution in [0, 0.1) is 0 Å². The number of benzene rings is 2. The number of nitrogens with zero attached hydrogens (tertiary/aromatic N) is 1. The minimum Gasteiger partial charge on any atom is -0.356 e. The summed E-state index contributed by atoms with van der Waals surface area (Å²) in [7, 11) is 0. The topological polar surface area (TPSA) is 38.1 Å². The van der Waals surface area contributed by atoms with Crippen LogP contribution in [0.2, 0.25) is 0 Å². The van der Waals surface area contributed by atoms with E-state index in [2.05, 4.69) is 52.9 Å². The Hall–Kier alpha value is -2.13. The van der Waals surface area contributed by atoms with Gasteiger partial charge in [0.2, 0.25) is 0 Å². The van der Waals surface area contributed by atoms with Crippen molar-refractivity contribution in [3.63, 3.8) is 0 Å². The van der Waals surface area contributed by atoms with Crippen LogP contribution in [-0.2, 0) is 5.41 Å². The average molecular weight is 318 g/mol. The first-order chi connectivity index (χ1) is 11.9. The molecule has 0 amide bonds. The highest BCUT2D eigenvalue weighted by atomic mass is 16.5. The van der Waals surface area contributed by atoms with Crippen molar-refractivity contribution in [3.05, 3.63) is 65.9 Å². The standard InChI is InChI=1S/C21H22N2O/c1-2-7-15(8-3-1)17-13-18(17)22-14-21(11-6-12-21)20-16-9-4-5-10-19(16)24-23-20/h1-5,7-10,17-18,22H,6,11-14H2. The summed E-state index contributed by atoms with van der Waals surface area (Å²) in [5.74, 6) is 0.678. The second-order valence-electron chi connectivity index (χ2n) is 7.40. The second kappa shape index (κ2) is 5.45. The van der Waals surface area contributed by atoms with Crippen LogP contribution in [0.3, 0.4) is 0 Å². The zero-order valence-corrected chi connectivity index (χ0v) is 13.7. The van der Waals surface area contributed by atoms with Crippen molar-refractivity contribution < 1.29 is 4.52 Å². The summed E-state index contributed by atoms with van der Waals surface area (Å²) in [6.45, 7) is 1.01. The molecular formula is C21H22N2O. The molecule has 0 bridgehead atoms. The third-order valence-corrected chi connectivity index (χ3v) is 5.91. The van der Waals surface area contributed by atoms with Gasteiger partial charge >= 0.3 is 0 Å². The summed E-state index contributed by atoms with van der Waals surface area (Å²) >= 11 is 0. The molecule has 0 saturated heterocycles. The minimum absolute atomic E-state index is 0.163. The van der Waals surface area contributed by atoms with Gasteiger partial charge in [0.25, 0.3) is 0 Å². The van der Waals surface area contributed by atoms with Gasteiger partial charge in [-0.3, -0.25) is 0 Å². The first kappa shape index (κ1) is 14.2. The Morgan fingerprint density at radius 1 is 1.04 bits per heavy atom. The van der Waals surface area contributed by atoms with E-state index in [9.17, 15) is 0 Å². The van der Waals surface area contributed by atoms with E-state index in [-0.39, 0.29) is 5.41 Å². The number of aromatic nitrogens is 1. The largest absolute Gasteiger partial charge is 0.356 e. The third kappa shape index (κ3) is 2.27. The van der Waals surface area contributed by atoms with Gasteiger partial charge < -0.3 is 9.84 Å². The highest BCUT2D eigenvalue weighted by Crippen LogP contribution is 2.47. The van der Waals surface area contributed by atoms with Crippen LogP contribution in [0.25, 0.3) is 11.0 Å². The number of nitrogens with one attached hydrogen (secondary N) is 1. The molecule has 0 aliphatic heterocycles. The van der Waals surface area contributed by atoms with Crippen molar-refractivity contribution in [1.29, 1.82) is 0 Å². The molecule has 0 radical (unpaired) electrons. The SMILES string of the molecule is c1ccc(C2CC2NCC2(c3noc4ccccc34)CCC2)cc1. The molecule has 2 aromatic carbocycles. The van der Waals surface area contributed by atoms with Crippen molar-refractivity contribution in [1.82, 2.24) is 10.5 Å². The van der Waals surface area contributed by atoms with Crippen LogP contribution in [0.1, 0.15) is 42.9 Å². The number of fused-ring (bicyclic) bond motifs is 1. The Bertz CT molecular complexity index is 850. The fourth-order valence-electron chi connectivity index (χ4n) is 4.18. The Labute approximate surface area is 142 Å². The van der Waals surface area contributed by atoms with Crippen LogP contribution in [-0.4, -0.2) is 17.7 Å². The summed E-state index contributed by atoms with van der Waals surface area (Å²) < 4.78 is 5.57. The van der Waals surface area contributed by atoms with E-state index >= 15 is 0 Å². The fourth-order valence-corrected chi connectivity index (χ4v) is 4.18. The second-order valence-corrected chi connectivity index (χ2v) is 7.40. The van der Waals surface area contributed by atoms with Crippen molar-refractivity contribution in [2.75, 3.05) is 6.54 Å². The number of para-hydroxylation sites is 1. The van der Waals surface area contributed by atoms with Gasteiger partial charge in [0, 0.05) is 29.3 Å². The molecule has 2 atom stereocenters. The normalized spacial score (nSPS) is 24.7. The molecule has 1 aromatic heterocycles. The molecule has 2 fully saturated rings. The van der Waals surface area contributed by atoms with E-state index in [4.69, 9.17) is 4.52 Å². The number of hydrogen-bond acceptors (Lipinski definition) is 3. The summed E-state index contributed by atoms with van der Waals surface area (Å²) in [4.78, 5) is 0. The monoisotopic (exact) mass is 318 g/mol. The lowest BCUT2D eigenvalue weighted by molar-refractivity contribution is 0.218. The maximum Gasteiger partial charge on any atom is 0.167 e. The molecule has 5 rings (SSSR count). The van der Waals surface area contributed by atoms with E-state index in [1.165, 1.54) is 36.6 Å². The quantitative estimate of drug-likeness (QED) is 0.758. The Morgan fingerprint density at radius 2 is 1.83 bits per heavy atom. The van der Waals surface area contributed by atoms with Crippen LogP contribution < -0.4 is 5.32 Å². The molecule has 122 valence electrons. The zero-order valence-electron chi connectivity index (χ0n) is 13.7. The van der Waals surface area contributed by atoms with Crippen LogP contribution >= 0.6 is 0 Å². The molecule has 2 aliphatic carbocycles. The summed E-state index contributed by atoms with van der Waals surface area (Å²) in [6.07, 6.45) is 4.95. The van der Waals surface area contributed by atoms with Crippen molar-refractivity contribution in [2.45, 2.75) is 43.1 Å². The van der Waals surface area contributed by atoms with Gasteiger partial charge in [0.05, 0.1) is 5.69 Å². The fraction of sp³-hybridized carbons (Fsp3) is 0.381. The molecule has 2 aliphatic rings. The zero-order chi connectivity index (χ0) is 16.0. The minimum atomic E-state index is 0.163. The summed E-state index contributed by atoms with van der Waals surface area (Å²) in [6, 6.07) is 19.7. The van der Waals surface area contributed by atoms with Crippen LogP contribution in [0.4, 0.5) is 0 Å². The average Bonchev–Trinajstić information content (AvgIpc) is 3.25. The number of hydrogen-bond donors (Lipinski definition) is 1. The van der Waals surface area contributed by atoms with Gasteiger partial charge in [0.15, 0.2) is 5.58 Å². The van der Waals surface area contributed by atoms with Gasteiger partial charge in [-0.2, -0.15) is 0 Å². The lowest BCUT2D eigenvalue weighted by Crippen LogP contribution is -2.45.